The molecule has 0 bridgehead atoms. The number of aliphatic hydroxyl groups is 1. The molecule has 0 heterocycles. The molecule has 0 aromatic rings. The minimum absolute atomic E-state index is 0.295. The molecule has 1 unspecified atom stereocenters. The number of rotatable bonds is 2. The monoisotopic (exact) mass is 180 g/mol. The highest BCUT2D eigenvalue weighted by atomic mass is 16.3. The van der Waals surface area contributed by atoms with Crippen LogP contribution in [0.2, 0.25) is 0 Å². The molecule has 1 N–H and O–H groups in total. The Kier molecular flexibility index (Phi) is 3.32. The van der Waals surface area contributed by atoms with Crippen molar-refractivity contribution < 1.29 is 5.11 Å². The molecule has 0 fully saturated rings. The molecule has 0 saturated heterocycles. The third-order valence-electron chi connectivity index (χ3n) is 2.71. The fourth-order valence-electron chi connectivity index (χ4n) is 1.76. The van der Waals surface area contributed by atoms with Gasteiger partial charge in [0, 0.05) is 0 Å². The Bertz CT molecular complexity index is 221. The van der Waals surface area contributed by atoms with E-state index in [4.69, 9.17) is 5.11 Å². The van der Waals surface area contributed by atoms with Crippen molar-refractivity contribution in [2.75, 3.05) is 0 Å². The molecule has 1 nitrogen and oxygen atoms in total. The number of allylic oxidation sites excluding steroid dienone is 3. The van der Waals surface area contributed by atoms with Crippen LogP contribution in [0.4, 0.5) is 0 Å². The molecular weight excluding hydrogens is 160 g/mol. The normalized spacial score (nSPS) is 24.5. The summed E-state index contributed by atoms with van der Waals surface area (Å²) in [6, 6.07) is 0. The first kappa shape index (κ1) is 10.5. The maximum atomic E-state index is 9.14. The molecule has 0 aromatic carbocycles. The van der Waals surface area contributed by atoms with Gasteiger partial charge in [-0.15, -0.1) is 0 Å². The van der Waals surface area contributed by atoms with Gasteiger partial charge >= 0.3 is 0 Å². The van der Waals surface area contributed by atoms with Crippen molar-refractivity contribution in [3.8, 4) is 0 Å². The summed E-state index contributed by atoms with van der Waals surface area (Å²) in [7, 11) is 0. The Morgan fingerprint density at radius 1 is 1.54 bits per heavy atom. The SMILES string of the molecule is CC(O)/C=C/C1=CCCCC1(C)C. The molecule has 0 radical (unpaired) electrons. The lowest BCUT2D eigenvalue weighted by Crippen LogP contribution is -2.16. The molecule has 0 amide bonds. The Labute approximate surface area is 81.2 Å². The lowest BCUT2D eigenvalue weighted by molar-refractivity contribution is 0.243. The van der Waals surface area contributed by atoms with Crippen molar-refractivity contribution in [3.63, 3.8) is 0 Å². The highest BCUT2D eigenvalue weighted by Gasteiger charge is 2.23. The summed E-state index contributed by atoms with van der Waals surface area (Å²) < 4.78 is 0. The molecular formula is C12H20O. The Morgan fingerprint density at radius 3 is 2.77 bits per heavy atom. The van der Waals surface area contributed by atoms with Crippen molar-refractivity contribution >= 4 is 0 Å². The van der Waals surface area contributed by atoms with Crippen molar-refractivity contribution in [2.24, 2.45) is 5.41 Å². The summed E-state index contributed by atoms with van der Waals surface area (Å²) in [5.41, 5.74) is 1.67. The smallest absolute Gasteiger partial charge is 0.0695 e. The van der Waals surface area contributed by atoms with E-state index in [0.29, 0.717) is 5.41 Å². The average molecular weight is 180 g/mol. The number of aliphatic hydroxyl groups excluding tert-OH is 1. The topological polar surface area (TPSA) is 20.2 Å². The van der Waals surface area contributed by atoms with E-state index in [1.54, 1.807) is 6.92 Å². The van der Waals surface area contributed by atoms with Gasteiger partial charge in [0.05, 0.1) is 6.10 Å². The lowest BCUT2D eigenvalue weighted by atomic mass is 9.75. The quantitative estimate of drug-likeness (QED) is 0.692. The van der Waals surface area contributed by atoms with E-state index in [1.807, 2.05) is 6.08 Å². The van der Waals surface area contributed by atoms with Crippen LogP contribution in [-0.2, 0) is 0 Å². The summed E-state index contributed by atoms with van der Waals surface area (Å²) in [6.07, 6.45) is 9.62. The van der Waals surface area contributed by atoms with Gasteiger partial charge in [-0.05, 0) is 37.2 Å². The molecule has 1 rings (SSSR count). The summed E-state index contributed by atoms with van der Waals surface area (Å²) in [5, 5.41) is 9.14. The van der Waals surface area contributed by atoms with Crippen LogP contribution >= 0.6 is 0 Å². The standard InChI is InChI=1S/C12H20O/c1-10(13)7-8-11-6-4-5-9-12(11,2)3/h6-8,10,13H,4-5,9H2,1-3H3/b8-7+. The predicted octanol–water partition coefficient (Wildman–Crippen LogP) is 3.06. The van der Waals surface area contributed by atoms with Gasteiger partial charge in [0.25, 0.3) is 0 Å². The molecule has 13 heavy (non-hydrogen) atoms. The molecule has 0 spiro atoms. The summed E-state index contributed by atoms with van der Waals surface area (Å²) in [6.45, 7) is 6.32. The first-order valence-electron chi connectivity index (χ1n) is 5.09. The van der Waals surface area contributed by atoms with Gasteiger partial charge in [0.1, 0.15) is 0 Å². The zero-order valence-corrected chi connectivity index (χ0v) is 8.88. The predicted molar refractivity (Wildman–Crippen MR) is 56.5 cm³/mol. The van der Waals surface area contributed by atoms with Crippen molar-refractivity contribution in [1.82, 2.24) is 0 Å². The van der Waals surface area contributed by atoms with E-state index in [-0.39, 0.29) is 6.10 Å². The van der Waals surface area contributed by atoms with Crippen LogP contribution in [0.15, 0.2) is 23.8 Å². The Morgan fingerprint density at radius 2 is 2.23 bits per heavy atom. The van der Waals surface area contributed by atoms with Crippen LogP contribution in [0.3, 0.4) is 0 Å². The van der Waals surface area contributed by atoms with Gasteiger partial charge in [-0.2, -0.15) is 0 Å². The molecule has 0 aliphatic heterocycles. The second-order valence-electron chi connectivity index (χ2n) is 4.54. The Balaban J connectivity index is 2.71. The van der Waals surface area contributed by atoms with Crippen molar-refractivity contribution in [3.05, 3.63) is 23.8 Å². The largest absolute Gasteiger partial charge is 0.389 e. The zero-order chi connectivity index (χ0) is 9.90. The summed E-state index contributed by atoms with van der Waals surface area (Å²) in [4.78, 5) is 0. The van der Waals surface area contributed by atoms with E-state index >= 15 is 0 Å². The lowest BCUT2D eigenvalue weighted by Gasteiger charge is -2.30. The highest BCUT2D eigenvalue weighted by Crippen LogP contribution is 2.37. The molecule has 74 valence electrons. The third kappa shape index (κ3) is 3.00. The molecule has 0 aromatic heterocycles. The van der Waals surface area contributed by atoms with E-state index in [9.17, 15) is 0 Å². The van der Waals surface area contributed by atoms with E-state index in [0.717, 1.165) is 0 Å². The van der Waals surface area contributed by atoms with Gasteiger partial charge in [-0.25, -0.2) is 0 Å². The molecule has 1 atom stereocenters. The van der Waals surface area contributed by atoms with E-state index in [2.05, 4.69) is 26.0 Å². The van der Waals surface area contributed by atoms with Crippen molar-refractivity contribution in [1.29, 1.82) is 0 Å². The minimum Gasteiger partial charge on any atom is -0.389 e. The zero-order valence-electron chi connectivity index (χ0n) is 8.88. The summed E-state index contributed by atoms with van der Waals surface area (Å²) in [5.74, 6) is 0. The highest BCUT2D eigenvalue weighted by molar-refractivity contribution is 5.27. The second-order valence-corrected chi connectivity index (χ2v) is 4.54. The second kappa shape index (κ2) is 4.10. The third-order valence-corrected chi connectivity index (χ3v) is 2.71. The van der Waals surface area contributed by atoms with Crippen molar-refractivity contribution in [2.45, 2.75) is 46.1 Å². The van der Waals surface area contributed by atoms with Crippen LogP contribution < -0.4 is 0 Å². The van der Waals surface area contributed by atoms with Gasteiger partial charge < -0.3 is 5.11 Å². The van der Waals surface area contributed by atoms with Gasteiger partial charge in [-0.1, -0.05) is 32.1 Å². The first-order chi connectivity index (χ1) is 6.02. The molecule has 0 saturated carbocycles. The van der Waals surface area contributed by atoms with Crippen LogP contribution in [0.1, 0.15) is 40.0 Å². The molecule has 1 aliphatic carbocycles. The van der Waals surface area contributed by atoms with Crippen LogP contribution in [-0.4, -0.2) is 11.2 Å². The number of hydrogen-bond donors (Lipinski definition) is 1. The maximum absolute atomic E-state index is 9.14. The van der Waals surface area contributed by atoms with Crippen LogP contribution in [0.25, 0.3) is 0 Å². The maximum Gasteiger partial charge on any atom is 0.0695 e. The fourth-order valence-corrected chi connectivity index (χ4v) is 1.76. The Hall–Kier alpha value is -0.560. The fraction of sp³-hybridized carbons (Fsp3) is 0.667. The van der Waals surface area contributed by atoms with E-state index < -0.39 is 0 Å². The van der Waals surface area contributed by atoms with Gasteiger partial charge in [-0.3, -0.25) is 0 Å². The summed E-state index contributed by atoms with van der Waals surface area (Å²) >= 11 is 0. The van der Waals surface area contributed by atoms with Gasteiger partial charge in [0.15, 0.2) is 0 Å². The number of hydrogen-bond acceptors (Lipinski definition) is 1. The molecule has 1 aliphatic rings. The van der Waals surface area contributed by atoms with Crippen LogP contribution in [0, 0.1) is 5.41 Å². The first-order valence-corrected chi connectivity index (χ1v) is 5.09. The molecule has 1 heteroatoms. The van der Waals surface area contributed by atoms with Gasteiger partial charge in [0.2, 0.25) is 0 Å². The van der Waals surface area contributed by atoms with Crippen LogP contribution in [0.5, 0.6) is 0 Å². The van der Waals surface area contributed by atoms with E-state index in [1.165, 1.54) is 24.8 Å². The average Bonchev–Trinajstić information content (AvgIpc) is 2.01. The minimum atomic E-state index is -0.335.